The number of ether oxygens (including phenoxy) is 1. The average molecular weight is 385 g/mol. The van der Waals surface area contributed by atoms with E-state index in [0.717, 1.165) is 51.2 Å². The zero-order valence-electron chi connectivity index (χ0n) is 17.3. The van der Waals surface area contributed by atoms with Crippen LogP contribution in [0.5, 0.6) is 0 Å². The topological polar surface area (TPSA) is 61.5 Å². The fraction of sp³-hybridized carbons (Fsp3) is 0.636. The standard InChI is InChI=1S/C22H32N4O2/c1-4-20(27)26-10-6-7-17(13-26)21-19(18-8-5-9-23-22(18)24-21)14-25-11-15(2)28-16(3)12-25/h5,8-9,15-17H,4,6-7,10-14H2,1-3H3,(H,23,24)/t15-,16-,17-/m0/s1. The molecule has 2 fully saturated rings. The van der Waals surface area contributed by atoms with Gasteiger partial charge < -0.3 is 14.6 Å². The van der Waals surface area contributed by atoms with E-state index in [1.807, 2.05) is 24.1 Å². The molecular formula is C22H32N4O2. The van der Waals surface area contributed by atoms with E-state index in [2.05, 4.69) is 34.8 Å². The van der Waals surface area contributed by atoms with Crippen LogP contribution in [-0.4, -0.2) is 64.1 Å². The molecule has 0 unspecified atom stereocenters. The number of aromatic nitrogens is 2. The molecule has 0 saturated carbocycles. The molecule has 0 aliphatic carbocycles. The highest BCUT2D eigenvalue weighted by atomic mass is 16.5. The number of fused-ring (bicyclic) bond motifs is 1. The fourth-order valence-corrected chi connectivity index (χ4v) is 4.92. The zero-order valence-corrected chi connectivity index (χ0v) is 17.3. The first-order valence-corrected chi connectivity index (χ1v) is 10.7. The molecule has 1 N–H and O–H groups in total. The quantitative estimate of drug-likeness (QED) is 0.879. The minimum Gasteiger partial charge on any atom is -0.373 e. The van der Waals surface area contributed by atoms with Crippen molar-refractivity contribution in [3.8, 4) is 0 Å². The summed E-state index contributed by atoms with van der Waals surface area (Å²) in [6.07, 6.45) is 5.11. The summed E-state index contributed by atoms with van der Waals surface area (Å²) in [5, 5.41) is 1.21. The first-order valence-electron chi connectivity index (χ1n) is 10.7. The second-order valence-electron chi connectivity index (χ2n) is 8.40. The molecule has 6 heteroatoms. The summed E-state index contributed by atoms with van der Waals surface area (Å²) in [4.78, 5) is 25.0. The third-order valence-corrected chi connectivity index (χ3v) is 6.07. The summed E-state index contributed by atoms with van der Waals surface area (Å²) in [5.74, 6) is 0.612. The number of H-pyrrole nitrogens is 1. The Labute approximate surface area is 167 Å². The van der Waals surface area contributed by atoms with Gasteiger partial charge in [-0.05, 0) is 44.4 Å². The highest BCUT2D eigenvalue weighted by Gasteiger charge is 2.30. The maximum absolute atomic E-state index is 12.3. The molecule has 1 amide bonds. The Balaban J connectivity index is 1.64. The van der Waals surface area contributed by atoms with Crippen LogP contribution >= 0.6 is 0 Å². The predicted octanol–water partition coefficient (Wildman–Crippen LogP) is 3.29. The number of amides is 1. The van der Waals surface area contributed by atoms with Crippen LogP contribution in [0.4, 0.5) is 0 Å². The summed E-state index contributed by atoms with van der Waals surface area (Å²) >= 11 is 0. The highest BCUT2D eigenvalue weighted by Crippen LogP contribution is 2.34. The Bertz CT molecular complexity index is 823. The smallest absolute Gasteiger partial charge is 0.222 e. The summed E-state index contributed by atoms with van der Waals surface area (Å²) in [7, 11) is 0. The summed E-state index contributed by atoms with van der Waals surface area (Å²) in [5.41, 5.74) is 3.58. The SMILES string of the molecule is CCC(=O)N1CCC[C@H](c2[nH]c3ncccc3c2CN2C[C@H](C)O[C@@H](C)C2)C1. The number of piperidine rings is 1. The molecule has 2 aliphatic rings. The second-order valence-corrected chi connectivity index (χ2v) is 8.40. The van der Waals surface area contributed by atoms with Crippen molar-refractivity contribution in [1.82, 2.24) is 19.8 Å². The van der Waals surface area contributed by atoms with Gasteiger partial charge in [-0.25, -0.2) is 4.98 Å². The van der Waals surface area contributed by atoms with Crippen molar-refractivity contribution in [1.29, 1.82) is 0 Å². The van der Waals surface area contributed by atoms with Gasteiger partial charge in [0.1, 0.15) is 5.65 Å². The molecule has 4 rings (SSSR count). The van der Waals surface area contributed by atoms with Crippen LogP contribution < -0.4 is 0 Å². The number of aromatic amines is 1. The normalized spacial score (nSPS) is 26.7. The van der Waals surface area contributed by atoms with Gasteiger partial charge in [0, 0.05) is 62.3 Å². The Morgan fingerprint density at radius 3 is 2.82 bits per heavy atom. The molecule has 0 aromatic carbocycles. The Morgan fingerprint density at radius 2 is 2.07 bits per heavy atom. The van der Waals surface area contributed by atoms with Crippen molar-refractivity contribution >= 4 is 16.9 Å². The van der Waals surface area contributed by atoms with Crippen molar-refractivity contribution in [3.63, 3.8) is 0 Å². The lowest BCUT2D eigenvalue weighted by Crippen LogP contribution is -2.45. The largest absolute Gasteiger partial charge is 0.373 e. The number of likely N-dealkylation sites (tertiary alicyclic amines) is 1. The van der Waals surface area contributed by atoms with Crippen molar-refractivity contribution in [2.24, 2.45) is 0 Å². The van der Waals surface area contributed by atoms with Crippen LogP contribution in [0.25, 0.3) is 11.0 Å². The number of carbonyl (C=O) groups excluding carboxylic acids is 1. The molecule has 0 bridgehead atoms. The molecule has 2 aromatic heterocycles. The average Bonchev–Trinajstić information content (AvgIpc) is 3.05. The Kier molecular flexibility index (Phi) is 5.69. The number of morpholine rings is 1. The minimum absolute atomic E-state index is 0.253. The van der Waals surface area contributed by atoms with Crippen LogP contribution in [0.1, 0.15) is 57.2 Å². The van der Waals surface area contributed by atoms with Crippen LogP contribution in [0, 0.1) is 0 Å². The maximum Gasteiger partial charge on any atom is 0.222 e. The molecule has 2 aromatic rings. The molecule has 0 radical (unpaired) electrons. The van der Waals surface area contributed by atoms with E-state index in [0.29, 0.717) is 12.3 Å². The number of rotatable bonds is 4. The summed E-state index contributed by atoms with van der Waals surface area (Å²) in [6.45, 7) is 10.7. The molecule has 2 saturated heterocycles. The van der Waals surface area contributed by atoms with Crippen LogP contribution in [-0.2, 0) is 16.1 Å². The molecule has 0 spiro atoms. The van der Waals surface area contributed by atoms with Crippen molar-refractivity contribution in [2.45, 2.75) is 64.7 Å². The van der Waals surface area contributed by atoms with E-state index in [1.165, 1.54) is 16.6 Å². The van der Waals surface area contributed by atoms with Gasteiger partial charge in [-0.15, -0.1) is 0 Å². The van der Waals surface area contributed by atoms with E-state index >= 15 is 0 Å². The van der Waals surface area contributed by atoms with Crippen LogP contribution in [0.3, 0.4) is 0 Å². The zero-order chi connectivity index (χ0) is 19.7. The Morgan fingerprint density at radius 1 is 1.29 bits per heavy atom. The monoisotopic (exact) mass is 384 g/mol. The van der Waals surface area contributed by atoms with Crippen molar-refractivity contribution in [3.05, 3.63) is 29.6 Å². The van der Waals surface area contributed by atoms with E-state index in [-0.39, 0.29) is 18.1 Å². The third-order valence-electron chi connectivity index (χ3n) is 6.07. The van der Waals surface area contributed by atoms with Gasteiger partial charge >= 0.3 is 0 Å². The van der Waals surface area contributed by atoms with E-state index in [9.17, 15) is 4.79 Å². The number of hydrogen-bond acceptors (Lipinski definition) is 4. The van der Waals surface area contributed by atoms with Crippen molar-refractivity contribution in [2.75, 3.05) is 26.2 Å². The minimum atomic E-state index is 0.253. The van der Waals surface area contributed by atoms with Gasteiger partial charge in [-0.1, -0.05) is 6.92 Å². The first-order chi connectivity index (χ1) is 13.5. The van der Waals surface area contributed by atoms with Crippen LogP contribution in [0.15, 0.2) is 18.3 Å². The van der Waals surface area contributed by atoms with Gasteiger partial charge in [0.15, 0.2) is 0 Å². The summed E-state index contributed by atoms with van der Waals surface area (Å²) in [6, 6.07) is 4.19. The van der Waals surface area contributed by atoms with E-state index in [1.54, 1.807) is 0 Å². The van der Waals surface area contributed by atoms with Gasteiger partial charge in [0.25, 0.3) is 0 Å². The highest BCUT2D eigenvalue weighted by molar-refractivity contribution is 5.81. The lowest BCUT2D eigenvalue weighted by molar-refractivity contribution is -0.132. The van der Waals surface area contributed by atoms with Gasteiger partial charge in [0.2, 0.25) is 5.91 Å². The van der Waals surface area contributed by atoms with Gasteiger partial charge in [0.05, 0.1) is 12.2 Å². The molecular weight excluding hydrogens is 352 g/mol. The maximum atomic E-state index is 12.3. The number of nitrogens with zero attached hydrogens (tertiary/aromatic N) is 3. The molecule has 3 atom stereocenters. The summed E-state index contributed by atoms with van der Waals surface area (Å²) < 4.78 is 5.92. The Hall–Kier alpha value is -1.92. The number of pyridine rings is 1. The van der Waals surface area contributed by atoms with Crippen molar-refractivity contribution < 1.29 is 9.53 Å². The number of nitrogens with one attached hydrogen (secondary N) is 1. The van der Waals surface area contributed by atoms with Gasteiger partial charge in [-0.3, -0.25) is 9.69 Å². The number of carbonyl (C=O) groups is 1. The molecule has 2 aliphatic heterocycles. The lowest BCUT2D eigenvalue weighted by atomic mass is 9.91. The van der Waals surface area contributed by atoms with Gasteiger partial charge in [-0.2, -0.15) is 0 Å². The molecule has 6 nitrogen and oxygen atoms in total. The van der Waals surface area contributed by atoms with E-state index in [4.69, 9.17) is 4.74 Å². The molecule has 4 heterocycles. The molecule has 28 heavy (non-hydrogen) atoms. The predicted molar refractivity (Wildman–Crippen MR) is 110 cm³/mol. The third kappa shape index (κ3) is 3.94. The fourth-order valence-electron chi connectivity index (χ4n) is 4.92. The molecule has 152 valence electrons. The van der Waals surface area contributed by atoms with E-state index < -0.39 is 0 Å². The second kappa shape index (κ2) is 8.21. The number of hydrogen-bond donors (Lipinski definition) is 1. The van der Waals surface area contributed by atoms with Crippen LogP contribution in [0.2, 0.25) is 0 Å². The lowest BCUT2D eigenvalue weighted by Gasteiger charge is -2.36. The first kappa shape index (κ1) is 19.4.